The molecular weight excluding hydrogens is 536 g/mol. The van der Waals surface area contributed by atoms with Crippen molar-refractivity contribution in [2.24, 2.45) is 0 Å². The molecule has 2 bridgehead atoms. The van der Waals surface area contributed by atoms with Gasteiger partial charge in [-0.2, -0.15) is 0 Å². The summed E-state index contributed by atoms with van der Waals surface area (Å²) in [7, 11) is 1.83. The number of halogens is 2. The summed E-state index contributed by atoms with van der Waals surface area (Å²) in [5.41, 5.74) is 4.74. The van der Waals surface area contributed by atoms with Crippen LogP contribution in [-0.4, -0.2) is 66.5 Å². The highest BCUT2D eigenvalue weighted by Gasteiger charge is 2.39. The van der Waals surface area contributed by atoms with Gasteiger partial charge in [-0.1, -0.05) is 54.6 Å². The summed E-state index contributed by atoms with van der Waals surface area (Å²) < 4.78 is 33.5. The Balaban J connectivity index is 1.41. The second-order valence-electron chi connectivity index (χ2n) is 11.3. The molecule has 220 valence electrons. The first-order valence-electron chi connectivity index (χ1n) is 14.4. The van der Waals surface area contributed by atoms with Crippen molar-refractivity contribution in [1.82, 2.24) is 15.1 Å². The third-order valence-electron chi connectivity index (χ3n) is 8.03. The molecule has 1 fully saturated rings. The monoisotopic (exact) mass is 573 g/mol. The van der Waals surface area contributed by atoms with Crippen LogP contribution in [0.5, 0.6) is 5.75 Å². The summed E-state index contributed by atoms with van der Waals surface area (Å²) in [5, 5.41) is 3.60. The molecule has 3 aromatic carbocycles. The number of hydrogen-bond acceptors (Lipinski definition) is 4. The number of rotatable bonds is 9. The fourth-order valence-corrected chi connectivity index (χ4v) is 5.92. The quantitative estimate of drug-likeness (QED) is 0.391. The van der Waals surface area contributed by atoms with Gasteiger partial charge in [0.25, 0.3) is 5.91 Å². The third kappa shape index (κ3) is 6.87. The number of carbonyl (C=O) groups is 2. The molecule has 6 nitrogen and oxygen atoms in total. The van der Waals surface area contributed by atoms with E-state index < -0.39 is 17.7 Å². The van der Waals surface area contributed by atoms with Crippen molar-refractivity contribution in [1.29, 1.82) is 0 Å². The number of carbonyl (C=O) groups excluding carboxylic acids is 2. The molecule has 5 rings (SSSR count). The zero-order valence-corrected chi connectivity index (χ0v) is 24.3. The maximum Gasteiger partial charge on any atom is 0.251 e. The number of fused-ring (bicyclic) bond motifs is 2. The number of benzene rings is 3. The van der Waals surface area contributed by atoms with Crippen LogP contribution in [0, 0.1) is 11.6 Å². The molecule has 3 aromatic rings. The average molecular weight is 574 g/mol. The molecule has 0 spiro atoms. The van der Waals surface area contributed by atoms with Crippen LogP contribution in [-0.2, 0) is 22.4 Å². The normalized spacial score (nSPS) is 18.9. The van der Waals surface area contributed by atoms with Crippen molar-refractivity contribution < 1.29 is 23.1 Å². The largest absolute Gasteiger partial charge is 0.487 e. The van der Waals surface area contributed by atoms with Crippen LogP contribution >= 0.6 is 0 Å². The average Bonchev–Trinajstić information content (AvgIpc) is 2.97. The lowest BCUT2D eigenvalue weighted by molar-refractivity contribution is -0.132. The van der Waals surface area contributed by atoms with E-state index in [9.17, 15) is 18.4 Å². The number of amides is 2. The zero-order chi connectivity index (χ0) is 29.8. The van der Waals surface area contributed by atoms with Gasteiger partial charge in [0.2, 0.25) is 5.91 Å². The van der Waals surface area contributed by atoms with Gasteiger partial charge in [-0.05, 0) is 54.2 Å². The van der Waals surface area contributed by atoms with Gasteiger partial charge in [-0.25, -0.2) is 8.78 Å². The summed E-state index contributed by atoms with van der Waals surface area (Å²) in [4.78, 5) is 29.9. The molecule has 0 aromatic heterocycles. The van der Waals surface area contributed by atoms with E-state index in [1.807, 2.05) is 55.3 Å². The zero-order valence-electron chi connectivity index (χ0n) is 24.3. The summed E-state index contributed by atoms with van der Waals surface area (Å²) in [6.07, 6.45) is 1.41. The summed E-state index contributed by atoms with van der Waals surface area (Å²) >= 11 is 0. The summed E-state index contributed by atoms with van der Waals surface area (Å²) in [6.45, 7) is 4.98. The van der Waals surface area contributed by atoms with Crippen molar-refractivity contribution in [2.45, 2.75) is 51.3 Å². The first kappa shape index (κ1) is 29.5. The topological polar surface area (TPSA) is 61.9 Å². The van der Waals surface area contributed by atoms with Crippen molar-refractivity contribution in [3.63, 3.8) is 0 Å². The van der Waals surface area contributed by atoms with Crippen molar-refractivity contribution in [3.8, 4) is 5.75 Å². The van der Waals surface area contributed by atoms with Gasteiger partial charge >= 0.3 is 0 Å². The SMILES string of the molecule is CC(=O)N1CC2CC(c3cccc(CC(C)Oc4cc(F)ccc4F)c3)=C(C(=O)N(C)CCc3ccccc3)C(C1)N2. The molecule has 42 heavy (non-hydrogen) atoms. The lowest BCUT2D eigenvalue weighted by Gasteiger charge is -2.44. The maximum atomic E-state index is 14.1. The Morgan fingerprint density at radius 3 is 2.55 bits per heavy atom. The maximum absolute atomic E-state index is 14.1. The lowest BCUT2D eigenvalue weighted by atomic mass is 9.82. The standard InChI is InChI=1S/C34H37F2N3O3/c1-22(42-32-18-27(35)12-13-30(32)36)16-25-10-7-11-26(17-25)29-19-28-20-39(23(2)40)21-31(37-28)33(29)34(41)38(3)15-14-24-8-5-4-6-9-24/h4-13,17-18,22,28,31,37H,14-16,19-21H2,1-3H3. The fourth-order valence-electron chi connectivity index (χ4n) is 5.92. The summed E-state index contributed by atoms with van der Waals surface area (Å²) in [6, 6.07) is 21.0. The van der Waals surface area contributed by atoms with E-state index in [0.29, 0.717) is 38.0 Å². The minimum atomic E-state index is -0.609. The van der Waals surface area contributed by atoms with E-state index in [4.69, 9.17) is 4.74 Å². The highest BCUT2D eigenvalue weighted by molar-refractivity contribution is 6.03. The van der Waals surface area contributed by atoms with Crippen molar-refractivity contribution >= 4 is 17.4 Å². The molecule has 1 saturated heterocycles. The first-order valence-corrected chi connectivity index (χ1v) is 14.4. The predicted octanol–water partition coefficient (Wildman–Crippen LogP) is 5.02. The molecule has 2 amide bonds. The van der Waals surface area contributed by atoms with Gasteiger partial charge in [0.05, 0.1) is 6.04 Å². The van der Waals surface area contributed by atoms with Crippen LogP contribution in [0.15, 0.2) is 78.4 Å². The van der Waals surface area contributed by atoms with Crippen LogP contribution in [0.4, 0.5) is 8.78 Å². The van der Waals surface area contributed by atoms with E-state index >= 15 is 0 Å². The van der Waals surface area contributed by atoms with Gasteiger partial charge < -0.3 is 19.9 Å². The molecule has 8 heteroatoms. The molecule has 2 aliphatic rings. The van der Waals surface area contributed by atoms with Crippen LogP contribution in [0.1, 0.15) is 37.0 Å². The number of nitrogens with zero attached hydrogens (tertiary/aromatic N) is 2. The molecule has 2 aliphatic heterocycles. The Labute approximate surface area is 246 Å². The Morgan fingerprint density at radius 2 is 1.79 bits per heavy atom. The van der Waals surface area contributed by atoms with E-state index in [-0.39, 0.29) is 29.6 Å². The molecular formula is C34H37F2N3O3. The number of nitrogens with one attached hydrogen (secondary N) is 1. The predicted molar refractivity (Wildman–Crippen MR) is 159 cm³/mol. The molecule has 0 radical (unpaired) electrons. The Morgan fingerprint density at radius 1 is 1.02 bits per heavy atom. The van der Waals surface area contributed by atoms with Gasteiger partial charge in [0, 0.05) is 57.7 Å². The van der Waals surface area contributed by atoms with Crippen LogP contribution in [0.2, 0.25) is 0 Å². The Hall–Kier alpha value is -4.04. The van der Waals surface area contributed by atoms with Gasteiger partial charge in [0.1, 0.15) is 11.9 Å². The smallest absolute Gasteiger partial charge is 0.251 e. The molecule has 1 N–H and O–H groups in total. The molecule has 3 atom stereocenters. The fraction of sp³-hybridized carbons (Fsp3) is 0.353. The van der Waals surface area contributed by atoms with E-state index in [0.717, 1.165) is 46.9 Å². The van der Waals surface area contributed by atoms with Crippen molar-refractivity contribution in [2.75, 3.05) is 26.7 Å². The second-order valence-corrected chi connectivity index (χ2v) is 11.3. The minimum absolute atomic E-state index is 0.00454. The number of likely N-dealkylation sites (N-methyl/N-ethyl adjacent to an activating group) is 1. The second kappa shape index (κ2) is 12.9. The summed E-state index contributed by atoms with van der Waals surface area (Å²) in [5.74, 6) is -1.33. The molecule has 2 heterocycles. The van der Waals surface area contributed by atoms with Crippen LogP contribution in [0.25, 0.3) is 5.57 Å². The minimum Gasteiger partial charge on any atom is -0.487 e. The molecule has 3 unspecified atom stereocenters. The van der Waals surface area contributed by atoms with E-state index in [1.165, 1.54) is 0 Å². The first-order chi connectivity index (χ1) is 20.2. The molecule has 0 saturated carbocycles. The van der Waals surface area contributed by atoms with E-state index in [1.54, 1.807) is 11.8 Å². The Kier molecular flexibility index (Phi) is 9.02. The van der Waals surface area contributed by atoms with Gasteiger partial charge in [0.15, 0.2) is 11.6 Å². The Bertz CT molecular complexity index is 1480. The number of ether oxygens (including phenoxy) is 1. The highest BCUT2D eigenvalue weighted by atomic mass is 19.1. The van der Waals surface area contributed by atoms with E-state index in [2.05, 4.69) is 23.5 Å². The number of hydrogen-bond donors (Lipinski definition) is 1. The highest BCUT2D eigenvalue weighted by Crippen LogP contribution is 2.34. The molecule has 0 aliphatic carbocycles. The van der Waals surface area contributed by atoms with Gasteiger partial charge in [-0.3, -0.25) is 9.59 Å². The number of piperazine rings is 1. The van der Waals surface area contributed by atoms with Crippen LogP contribution < -0.4 is 10.1 Å². The van der Waals surface area contributed by atoms with Gasteiger partial charge in [-0.15, -0.1) is 0 Å². The van der Waals surface area contributed by atoms with Crippen LogP contribution in [0.3, 0.4) is 0 Å². The third-order valence-corrected chi connectivity index (χ3v) is 8.03. The van der Waals surface area contributed by atoms with Crippen molar-refractivity contribution in [3.05, 3.63) is 107 Å². The lowest BCUT2D eigenvalue weighted by Crippen LogP contribution is -2.61.